The smallest absolute Gasteiger partial charge is 0.260 e. The zero-order valence-electron chi connectivity index (χ0n) is 24.0. The summed E-state index contributed by atoms with van der Waals surface area (Å²) in [7, 11) is -3.30. The van der Waals surface area contributed by atoms with Crippen LogP contribution in [0.25, 0.3) is 10.2 Å². The number of amides is 1. The topological polar surface area (TPSA) is 108 Å². The van der Waals surface area contributed by atoms with E-state index in [0.29, 0.717) is 47.1 Å². The third-order valence-electron chi connectivity index (χ3n) is 5.90. The van der Waals surface area contributed by atoms with Crippen molar-refractivity contribution in [2.24, 2.45) is 11.8 Å². The van der Waals surface area contributed by atoms with E-state index in [9.17, 15) is 21.6 Å². The molecule has 9 nitrogen and oxygen atoms in total. The molecule has 0 aliphatic carbocycles. The Morgan fingerprint density at radius 1 is 0.875 bits per heavy atom. The molecule has 0 radical (unpaired) electrons. The SMILES string of the molecule is CC(C)CN(CC(C)C)S(=O)(=O)c1ccc(C(=O)N(CCN(C)C)c2nc3ccc(S(C)(=O)=O)cc3s2)cc1.Cl. The van der Waals surface area contributed by atoms with Crippen molar-refractivity contribution in [1.82, 2.24) is 14.2 Å². The van der Waals surface area contributed by atoms with Crippen LogP contribution in [0.1, 0.15) is 38.1 Å². The Morgan fingerprint density at radius 3 is 1.93 bits per heavy atom. The van der Waals surface area contributed by atoms with Crippen molar-refractivity contribution in [2.75, 3.05) is 51.4 Å². The quantitative estimate of drug-likeness (QED) is 0.287. The van der Waals surface area contributed by atoms with Gasteiger partial charge in [-0.2, -0.15) is 4.31 Å². The molecule has 1 heterocycles. The van der Waals surface area contributed by atoms with Gasteiger partial charge in [-0.3, -0.25) is 9.69 Å². The minimum Gasteiger partial charge on any atom is -0.308 e. The maximum Gasteiger partial charge on any atom is 0.260 e. The number of sulfonamides is 1. The van der Waals surface area contributed by atoms with E-state index >= 15 is 0 Å². The fourth-order valence-corrected chi connectivity index (χ4v) is 7.50. The van der Waals surface area contributed by atoms with Gasteiger partial charge in [-0.1, -0.05) is 39.0 Å². The highest BCUT2D eigenvalue weighted by molar-refractivity contribution is 7.90. The molecule has 0 aliphatic heterocycles. The van der Waals surface area contributed by atoms with Crippen LogP contribution in [0.3, 0.4) is 0 Å². The molecule has 0 saturated heterocycles. The van der Waals surface area contributed by atoms with Crippen molar-refractivity contribution >= 4 is 64.9 Å². The molecule has 3 aromatic rings. The van der Waals surface area contributed by atoms with Crippen LogP contribution in [-0.4, -0.2) is 83.5 Å². The largest absolute Gasteiger partial charge is 0.308 e. The zero-order valence-corrected chi connectivity index (χ0v) is 27.3. The molecule has 0 saturated carbocycles. The lowest BCUT2D eigenvalue weighted by Crippen LogP contribution is -2.37. The molecule has 0 spiro atoms. The highest BCUT2D eigenvalue weighted by atomic mass is 35.5. The van der Waals surface area contributed by atoms with Gasteiger partial charge in [0.25, 0.3) is 5.91 Å². The second-order valence-corrected chi connectivity index (χ2v) is 15.8. The number of fused-ring (bicyclic) bond motifs is 1. The highest BCUT2D eigenvalue weighted by Crippen LogP contribution is 2.31. The average molecular weight is 631 g/mol. The number of aromatic nitrogens is 1. The number of carbonyl (C=O) groups is 1. The lowest BCUT2D eigenvalue weighted by atomic mass is 10.2. The Balaban J connectivity index is 0.00000560. The number of thiazole rings is 1. The average Bonchev–Trinajstić information content (AvgIpc) is 3.25. The Morgan fingerprint density at radius 2 is 1.43 bits per heavy atom. The van der Waals surface area contributed by atoms with Crippen molar-refractivity contribution in [1.29, 1.82) is 0 Å². The van der Waals surface area contributed by atoms with Crippen LogP contribution in [0, 0.1) is 11.8 Å². The van der Waals surface area contributed by atoms with Gasteiger partial charge in [0.05, 0.1) is 20.0 Å². The van der Waals surface area contributed by atoms with Gasteiger partial charge in [-0.05, 0) is 68.4 Å². The number of sulfone groups is 1. The number of carbonyl (C=O) groups excluding carboxylic acids is 1. The third-order valence-corrected chi connectivity index (χ3v) is 9.90. The van der Waals surface area contributed by atoms with Gasteiger partial charge in [0, 0.05) is 38.0 Å². The summed E-state index contributed by atoms with van der Waals surface area (Å²) in [6.07, 6.45) is 1.15. The first-order valence-electron chi connectivity index (χ1n) is 12.8. The van der Waals surface area contributed by atoms with Gasteiger partial charge in [0.1, 0.15) is 0 Å². The van der Waals surface area contributed by atoms with Gasteiger partial charge in [0.15, 0.2) is 15.0 Å². The molecular formula is C27H39ClN4O5S3. The van der Waals surface area contributed by atoms with Crippen LogP contribution in [-0.2, 0) is 19.9 Å². The van der Waals surface area contributed by atoms with Crippen LogP contribution >= 0.6 is 23.7 Å². The summed E-state index contributed by atoms with van der Waals surface area (Å²) < 4.78 is 52.9. The van der Waals surface area contributed by atoms with Crippen LogP contribution in [0.15, 0.2) is 52.3 Å². The second-order valence-electron chi connectivity index (χ2n) is 10.8. The van der Waals surface area contributed by atoms with Gasteiger partial charge in [0.2, 0.25) is 10.0 Å². The monoisotopic (exact) mass is 630 g/mol. The van der Waals surface area contributed by atoms with Gasteiger partial charge in [-0.25, -0.2) is 21.8 Å². The molecule has 3 rings (SSSR count). The van der Waals surface area contributed by atoms with Crippen molar-refractivity contribution in [3.63, 3.8) is 0 Å². The van der Waals surface area contributed by atoms with E-state index in [1.165, 1.54) is 46.0 Å². The van der Waals surface area contributed by atoms with Crippen molar-refractivity contribution in [2.45, 2.75) is 37.5 Å². The van der Waals surface area contributed by atoms with Gasteiger partial charge < -0.3 is 4.90 Å². The van der Waals surface area contributed by atoms with E-state index in [1.807, 2.05) is 46.7 Å². The number of halogens is 1. The molecule has 0 fully saturated rings. The molecule has 0 atom stereocenters. The summed E-state index contributed by atoms with van der Waals surface area (Å²) in [5.41, 5.74) is 0.935. The lowest BCUT2D eigenvalue weighted by Gasteiger charge is -2.26. The number of hydrogen-bond donors (Lipinski definition) is 0. The fraction of sp³-hybridized carbons (Fsp3) is 0.481. The Hall–Kier alpha value is -2.09. The van der Waals surface area contributed by atoms with Gasteiger partial charge in [-0.15, -0.1) is 12.4 Å². The minimum atomic E-state index is -3.72. The first kappa shape index (κ1) is 34.1. The molecule has 1 aromatic heterocycles. The summed E-state index contributed by atoms with van der Waals surface area (Å²) in [4.78, 5) is 22.1. The summed E-state index contributed by atoms with van der Waals surface area (Å²) in [5, 5.41) is 0.444. The Kier molecular flexibility index (Phi) is 11.7. The van der Waals surface area contributed by atoms with Crippen LogP contribution in [0.4, 0.5) is 5.13 Å². The van der Waals surface area contributed by atoms with Crippen molar-refractivity contribution < 1.29 is 21.6 Å². The number of anilines is 1. The molecule has 13 heteroatoms. The van der Waals surface area contributed by atoms with Gasteiger partial charge >= 0.3 is 0 Å². The molecule has 222 valence electrons. The van der Waals surface area contributed by atoms with E-state index < -0.39 is 19.9 Å². The number of hydrogen-bond acceptors (Lipinski definition) is 8. The summed E-state index contributed by atoms with van der Waals surface area (Å²) in [6, 6.07) is 10.8. The minimum absolute atomic E-state index is 0. The Bertz CT molecular complexity index is 1510. The molecule has 0 aliphatic rings. The van der Waals surface area contributed by atoms with Crippen LogP contribution in [0.2, 0.25) is 0 Å². The molecule has 2 aromatic carbocycles. The lowest BCUT2D eigenvalue weighted by molar-refractivity contribution is 0.0985. The maximum atomic E-state index is 13.7. The second kappa shape index (κ2) is 13.7. The Labute approximate surface area is 248 Å². The molecule has 0 unspecified atom stereocenters. The van der Waals surface area contributed by atoms with E-state index in [4.69, 9.17) is 0 Å². The van der Waals surface area contributed by atoms with Crippen molar-refractivity contribution in [3.8, 4) is 0 Å². The van der Waals surface area contributed by atoms with E-state index in [-0.39, 0.29) is 39.9 Å². The van der Waals surface area contributed by atoms with E-state index in [1.54, 1.807) is 17.0 Å². The normalized spacial score (nSPS) is 12.5. The predicted molar refractivity (Wildman–Crippen MR) is 165 cm³/mol. The number of benzene rings is 2. The molecule has 40 heavy (non-hydrogen) atoms. The molecule has 1 amide bonds. The maximum absolute atomic E-state index is 13.7. The number of likely N-dealkylation sites (N-methyl/N-ethyl adjacent to an activating group) is 1. The number of rotatable bonds is 12. The van der Waals surface area contributed by atoms with Crippen molar-refractivity contribution in [3.05, 3.63) is 48.0 Å². The van der Waals surface area contributed by atoms with Crippen LogP contribution in [0.5, 0.6) is 0 Å². The van der Waals surface area contributed by atoms with Crippen LogP contribution < -0.4 is 4.90 Å². The predicted octanol–water partition coefficient (Wildman–Crippen LogP) is 4.63. The summed E-state index contributed by atoms with van der Waals surface area (Å²) in [5.74, 6) is 0.0308. The highest BCUT2D eigenvalue weighted by Gasteiger charge is 2.27. The summed E-state index contributed by atoms with van der Waals surface area (Å²) in [6.45, 7) is 9.68. The summed E-state index contributed by atoms with van der Waals surface area (Å²) >= 11 is 1.24. The first-order valence-corrected chi connectivity index (χ1v) is 16.9. The zero-order chi connectivity index (χ0) is 29.1. The molecular weight excluding hydrogens is 592 g/mol. The van der Waals surface area contributed by atoms with E-state index in [0.717, 1.165) is 6.26 Å². The molecule has 0 N–H and O–H groups in total. The standard InChI is InChI=1S/C27H38N4O5S3.ClH/c1-19(2)17-30(18-20(3)4)39(35,36)22-10-8-21(9-11-22)26(32)31(15-14-29(5)6)27-28-24-13-12-23(38(7,33)34)16-25(24)37-27;/h8-13,16,19-20H,14-15,17-18H2,1-7H3;1H. The number of nitrogens with zero attached hydrogens (tertiary/aromatic N) is 4. The fourth-order valence-electron chi connectivity index (χ4n) is 3.98. The third kappa shape index (κ3) is 8.46. The van der Waals surface area contributed by atoms with E-state index in [2.05, 4.69) is 4.98 Å². The molecule has 0 bridgehead atoms. The first-order chi connectivity index (χ1) is 18.1.